The number of rotatable bonds is 3. The lowest BCUT2D eigenvalue weighted by atomic mass is 9.87. The van der Waals surface area contributed by atoms with E-state index < -0.39 is 0 Å². The maximum Gasteiger partial charge on any atom is 0.317 e. The van der Waals surface area contributed by atoms with E-state index in [9.17, 15) is 4.79 Å². The molecule has 1 fully saturated rings. The first-order valence-corrected chi connectivity index (χ1v) is 5.61. The standard InChI is InChI=1S/C11H23N3O/c1-8(12)5-6-14-7-9(11(2,3)4)13-10(14)15/h8-9H,5-7,12H2,1-4H3,(H,13,15). The first kappa shape index (κ1) is 12.3. The Morgan fingerprint density at radius 1 is 1.60 bits per heavy atom. The van der Waals surface area contributed by atoms with Gasteiger partial charge < -0.3 is 16.0 Å². The number of hydrogen-bond donors (Lipinski definition) is 2. The highest BCUT2D eigenvalue weighted by molar-refractivity contribution is 5.77. The molecule has 0 aromatic carbocycles. The van der Waals surface area contributed by atoms with Crippen molar-refractivity contribution in [3.05, 3.63) is 0 Å². The number of urea groups is 1. The Morgan fingerprint density at radius 3 is 2.60 bits per heavy atom. The molecule has 0 saturated carbocycles. The van der Waals surface area contributed by atoms with Crippen molar-refractivity contribution in [2.24, 2.45) is 11.1 Å². The van der Waals surface area contributed by atoms with E-state index in [1.165, 1.54) is 0 Å². The molecule has 4 heteroatoms. The van der Waals surface area contributed by atoms with E-state index in [0.29, 0.717) is 0 Å². The molecule has 0 aliphatic carbocycles. The van der Waals surface area contributed by atoms with Gasteiger partial charge in [0.2, 0.25) is 0 Å². The van der Waals surface area contributed by atoms with Crippen LogP contribution in [-0.4, -0.2) is 36.1 Å². The van der Waals surface area contributed by atoms with E-state index in [1.54, 1.807) is 0 Å². The average Bonchev–Trinajstić information content (AvgIpc) is 2.42. The Labute approximate surface area is 92.2 Å². The third-order valence-electron chi connectivity index (χ3n) is 2.89. The monoisotopic (exact) mass is 213 g/mol. The molecular formula is C11H23N3O. The van der Waals surface area contributed by atoms with Gasteiger partial charge in [-0.2, -0.15) is 0 Å². The molecule has 88 valence electrons. The van der Waals surface area contributed by atoms with Crippen LogP contribution in [0.15, 0.2) is 0 Å². The summed E-state index contributed by atoms with van der Waals surface area (Å²) in [7, 11) is 0. The third kappa shape index (κ3) is 3.38. The predicted octanol–water partition coefficient (Wildman–Crippen LogP) is 1.16. The quantitative estimate of drug-likeness (QED) is 0.739. The summed E-state index contributed by atoms with van der Waals surface area (Å²) in [5, 5.41) is 3.01. The molecule has 2 unspecified atom stereocenters. The molecule has 3 N–H and O–H groups in total. The Morgan fingerprint density at radius 2 is 2.20 bits per heavy atom. The van der Waals surface area contributed by atoms with E-state index in [2.05, 4.69) is 26.1 Å². The SMILES string of the molecule is CC(N)CCN1CC(C(C)(C)C)NC1=O. The van der Waals surface area contributed by atoms with Crippen molar-refractivity contribution in [2.75, 3.05) is 13.1 Å². The van der Waals surface area contributed by atoms with Crippen LogP contribution in [0, 0.1) is 5.41 Å². The lowest BCUT2D eigenvalue weighted by molar-refractivity contribution is 0.216. The van der Waals surface area contributed by atoms with Crippen LogP contribution in [0.25, 0.3) is 0 Å². The minimum atomic E-state index is 0.0515. The number of nitrogens with zero attached hydrogens (tertiary/aromatic N) is 1. The van der Waals surface area contributed by atoms with Crippen molar-refractivity contribution in [3.8, 4) is 0 Å². The maximum atomic E-state index is 11.6. The zero-order valence-corrected chi connectivity index (χ0v) is 10.2. The van der Waals surface area contributed by atoms with Crippen molar-refractivity contribution in [1.29, 1.82) is 0 Å². The van der Waals surface area contributed by atoms with E-state index in [-0.39, 0.29) is 23.5 Å². The molecular weight excluding hydrogens is 190 g/mol. The lowest BCUT2D eigenvalue weighted by Crippen LogP contribution is -2.38. The third-order valence-corrected chi connectivity index (χ3v) is 2.89. The fourth-order valence-corrected chi connectivity index (χ4v) is 1.63. The molecule has 1 aliphatic rings. The van der Waals surface area contributed by atoms with Crippen LogP contribution in [0.3, 0.4) is 0 Å². The van der Waals surface area contributed by atoms with Gasteiger partial charge in [0.25, 0.3) is 0 Å². The average molecular weight is 213 g/mol. The first-order chi connectivity index (χ1) is 6.80. The van der Waals surface area contributed by atoms with Crippen molar-refractivity contribution < 1.29 is 4.79 Å². The van der Waals surface area contributed by atoms with Gasteiger partial charge in [0.05, 0.1) is 6.04 Å². The zero-order chi connectivity index (χ0) is 11.6. The van der Waals surface area contributed by atoms with Crippen molar-refractivity contribution in [1.82, 2.24) is 10.2 Å². The largest absolute Gasteiger partial charge is 0.333 e. The normalized spacial score (nSPS) is 24.2. The van der Waals surface area contributed by atoms with Gasteiger partial charge in [0, 0.05) is 19.1 Å². The van der Waals surface area contributed by atoms with Gasteiger partial charge in [-0.05, 0) is 18.8 Å². The molecule has 0 radical (unpaired) electrons. The van der Waals surface area contributed by atoms with Crippen molar-refractivity contribution in [2.45, 2.75) is 46.2 Å². The van der Waals surface area contributed by atoms with E-state index in [1.807, 2.05) is 11.8 Å². The van der Waals surface area contributed by atoms with Gasteiger partial charge in [-0.3, -0.25) is 0 Å². The second-order valence-electron chi connectivity index (χ2n) is 5.58. The summed E-state index contributed by atoms with van der Waals surface area (Å²) in [6.45, 7) is 9.97. The van der Waals surface area contributed by atoms with Gasteiger partial charge in [-0.1, -0.05) is 20.8 Å². The van der Waals surface area contributed by atoms with Crippen LogP contribution in [-0.2, 0) is 0 Å². The molecule has 1 aliphatic heterocycles. The second kappa shape index (κ2) is 4.39. The molecule has 0 aromatic heterocycles. The number of hydrogen-bond acceptors (Lipinski definition) is 2. The van der Waals surface area contributed by atoms with Crippen LogP contribution in [0.5, 0.6) is 0 Å². The summed E-state index contributed by atoms with van der Waals surface area (Å²) in [5.41, 5.74) is 5.80. The fraction of sp³-hybridized carbons (Fsp3) is 0.909. The Kier molecular flexibility index (Phi) is 3.60. The summed E-state index contributed by atoms with van der Waals surface area (Å²) >= 11 is 0. The Balaban J connectivity index is 2.46. The molecule has 1 saturated heterocycles. The van der Waals surface area contributed by atoms with Gasteiger partial charge in [0.15, 0.2) is 0 Å². The summed E-state index contributed by atoms with van der Waals surface area (Å²) in [6.07, 6.45) is 0.865. The van der Waals surface area contributed by atoms with Crippen molar-refractivity contribution >= 4 is 6.03 Å². The van der Waals surface area contributed by atoms with E-state index >= 15 is 0 Å². The first-order valence-electron chi connectivity index (χ1n) is 5.61. The Bertz CT molecular complexity index is 232. The summed E-state index contributed by atoms with van der Waals surface area (Å²) in [4.78, 5) is 13.5. The van der Waals surface area contributed by atoms with Crippen LogP contribution < -0.4 is 11.1 Å². The number of carbonyl (C=O) groups is 1. The predicted molar refractivity (Wildman–Crippen MR) is 61.6 cm³/mol. The summed E-state index contributed by atoms with van der Waals surface area (Å²) < 4.78 is 0. The molecule has 0 spiro atoms. The lowest BCUT2D eigenvalue weighted by Gasteiger charge is -2.26. The molecule has 0 aromatic rings. The summed E-state index contributed by atoms with van der Waals surface area (Å²) in [6, 6.07) is 0.458. The fourth-order valence-electron chi connectivity index (χ4n) is 1.63. The minimum Gasteiger partial charge on any atom is -0.333 e. The molecule has 2 amide bonds. The molecule has 2 atom stereocenters. The van der Waals surface area contributed by atoms with Crippen LogP contribution in [0.2, 0.25) is 0 Å². The molecule has 15 heavy (non-hydrogen) atoms. The molecule has 4 nitrogen and oxygen atoms in total. The van der Waals surface area contributed by atoms with Gasteiger partial charge in [-0.25, -0.2) is 4.79 Å². The maximum absolute atomic E-state index is 11.6. The number of amides is 2. The second-order valence-corrected chi connectivity index (χ2v) is 5.58. The van der Waals surface area contributed by atoms with Crippen molar-refractivity contribution in [3.63, 3.8) is 0 Å². The minimum absolute atomic E-state index is 0.0515. The van der Waals surface area contributed by atoms with E-state index in [0.717, 1.165) is 19.5 Å². The molecule has 1 heterocycles. The number of nitrogens with one attached hydrogen (secondary N) is 1. The van der Waals surface area contributed by atoms with E-state index in [4.69, 9.17) is 5.73 Å². The number of nitrogens with two attached hydrogens (primary N) is 1. The van der Waals surface area contributed by atoms with Crippen LogP contribution in [0.1, 0.15) is 34.1 Å². The van der Waals surface area contributed by atoms with Gasteiger partial charge in [-0.15, -0.1) is 0 Å². The van der Waals surface area contributed by atoms with Crippen LogP contribution >= 0.6 is 0 Å². The van der Waals surface area contributed by atoms with Gasteiger partial charge in [0.1, 0.15) is 0 Å². The smallest absolute Gasteiger partial charge is 0.317 e. The summed E-state index contributed by atoms with van der Waals surface area (Å²) in [5.74, 6) is 0. The highest BCUT2D eigenvalue weighted by Crippen LogP contribution is 2.23. The zero-order valence-electron chi connectivity index (χ0n) is 10.2. The van der Waals surface area contributed by atoms with Crippen LogP contribution in [0.4, 0.5) is 4.79 Å². The Hall–Kier alpha value is -0.770. The topological polar surface area (TPSA) is 58.4 Å². The highest BCUT2D eigenvalue weighted by Gasteiger charge is 2.35. The van der Waals surface area contributed by atoms with Gasteiger partial charge >= 0.3 is 6.03 Å². The molecule has 1 rings (SSSR count). The number of carbonyl (C=O) groups excluding carboxylic acids is 1. The highest BCUT2D eigenvalue weighted by atomic mass is 16.2. The molecule has 0 bridgehead atoms.